The van der Waals surface area contributed by atoms with E-state index in [1.54, 1.807) is 12.8 Å². The van der Waals surface area contributed by atoms with Crippen LogP contribution in [0.1, 0.15) is 65.7 Å². The SMILES string of the molecule is CC(C)(C)CC1C2CCCCCCC21. The normalized spacial score (nSPS) is 38.4. The minimum absolute atomic E-state index is 0.561. The lowest BCUT2D eigenvalue weighted by Crippen LogP contribution is -2.06. The van der Waals surface area contributed by atoms with Gasteiger partial charge in [-0.15, -0.1) is 0 Å². The van der Waals surface area contributed by atoms with Gasteiger partial charge in [0.1, 0.15) is 0 Å². The lowest BCUT2D eigenvalue weighted by Gasteiger charge is -2.18. The first-order chi connectivity index (χ1) is 6.58. The quantitative estimate of drug-likeness (QED) is 0.570. The van der Waals surface area contributed by atoms with Gasteiger partial charge < -0.3 is 0 Å². The maximum Gasteiger partial charge on any atom is -0.0347 e. The van der Waals surface area contributed by atoms with Crippen molar-refractivity contribution in [2.75, 3.05) is 0 Å². The molecule has 82 valence electrons. The Balaban J connectivity index is 1.85. The van der Waals surface area contributed by atoms with E-state index in [0.717, 1.165) is 17.8 Å². The van der Waals surface area contributed by atoms with Crippen LogP contribution in [-0.4, -0.2) is 0 Å². The Morgan fingerprint density at radius 2 is 1.36 bits per heavy atom. The van der Waals surface area contributed by atoms with Gasteiger partial charge in [0.05, 0.1) is 0 Å². The summed E-state index contributed by atoms with van der Waals surface area (Å²) in [6.45, 7) is 7.21. The second-order valence-electron chi connectivity index (χ2n) is 6.75. The van der Waals surface area contributed by atoms with Crippen molar-refractivity contribution in [1.82, 2.24) is 0 Å². The number of hydrogen-bond donors (Lipinski definition) is 0. The highest BCUT2D eigenvalue weighted by Gasteiger charge is 2.49. The molecule has 0 nitrogen and oxygen atoms in total. The van der Waals surface area contributed by atoms with Crippen molar-refractivity contribution in [3.63, 3.8) is 0 Å². The molecule has 2 atom stereocenters. The van der Waals surface area contributed by atoms with Crippen molar-refractivity contribution in [2.45, 2.75) is 65.7 Å². The minimum atomic E-state index is 0.561. The highest BCUT2D eigenvalue weighted by atomic mass is 14.5. The number of fused-ring (bicyclic) bond motifs is 1. The van der Waals surface area contributed by atoms with Gasteiger partial charge in [-0.05, 0) is 42.4 Å². The van der Waals surface area contributed by atoms with E-state index in [1.807, 2.05) is 0 Å². The molecule has 0 radical (unpaired) electrons. The van der Waals surface area contributed by atoms with Crippen LogP contribution in [0.15, 0.2) is 0 Å². The van der Waals surface area contributed by atoms with Gasteiger partial charge in [-0.3, -0.25) is 0 Å². The lowest BCUT2D eigenvalue weighted by molar-refractivity contribution is 0.335. The van der Waals surface area contributed by atoms with Crippen LogP contribution >= 0.6 is 0 Å². The second kappa shape index (κ2) is 3.87. The summed E-state index contributed by atoms with van der Waals surface area (Å²) in [5.41, 5.74) is 0.561. The summed E-state index contributed by atoms with van der Waals surface area (Å²) in [5.74, 6) is 3.37. The Hall–Kier alpha value is 0. The van der Waals surface area contributed by atoms with Gasteiger partial charge in [0.15, 0.2) is 0 Å². The largest absolute Gasteiger partial charge is 0.0602 e. The average Bonchev–Trinajstić information content (AvgIpc) is 2.55. The predicted octanol–water partition coefficient (Wildman–Crippen LogP) is 4.64. The van der Waals surface area contributed by atoms with Crippen LogP contribution in [0.3, 0.4) is 0 Å². The van der Waals surface area contributed by atoms with Gasteiger partial charge in [0.25, 0.3) is 0 Å². The molecule has 14 heavy (non-hydrogen) atoms. The fourth-order valence-electron chi connectivity index (χ4n) is 3.50. The first-order valence-electron chi connectivity index (χ1n) is 6.58. The van der Waals surface area contributed by atoms with Crippen molar-refractivity contribution >= 4 is 0 Å². The standard InChI is InChI=1S/C14H26/c1-14(2,3)10-13-11-8-6-4-5-7-9-12(11)13/h11-13H,4-10H2,1-3H3. The molecule has 2 aliphatic carbocycles. The molecule has 2 rings (SSSR count). The molecule has 0 amide bonds. The van der Waals surface area contributed by atoms with E-state index in [1.165, 1.54) is 32.1 Å². The zero-order valence-electron chi connectivity index (χ0n) is 10.2. The van der Waals surface area contributed by atoms with Gasteiger partial charge in [0, 0.05) is 0 Å². The molecular weight excluding hydrogens is 168 g/mol. The van der Waals surface area contributed by atoms with E-state index in [-0.39, 0.29) is 0 Å². The van der Waals surface area contributed by atoms with Crippen LogP contribution in [-0.2, 0) is 0 Å². The third-order valence-electron chi connectivity index (χ3n) is 4.18. The van der Waals surface area contributed by atoms with Gasteiger partial charge >= 0.3 is 0 Å². The Morgan fingerprint density at radius 3 is 1.79 bits per heavy atom. The Kier molecular flexibility index (Phi) is 2.91. The molecule has 0 spiro atoms. The zero-order valence-corrected chi connectivity index (χ0v) is 10.2. The first kappa shape index (κ1) is 10.5. The minimum Gasteiger partial charge on any atom is -0.0602 e. The molecule has 2 saturated carbocycles. The van der Waals surface area contributed by atoms with E-state index in [0.29, 0.717) is 5.41 Å². The smallest absolute Gasteiger partial charge is 0.0347 e. The third kappa shape index (κ3) is 2.52. The Morgan fingerprint density at radius 1 is 0.857 bits per heavy atom. The van der Waals surface area contributed by atoms with Gasteiger partial charge in [0.2, 0.25) is 0 Å². The van der Waals surface area contributed by atoms with E-state index >= 15 is 0 Å². The van der Waals surface area contributed by atoms with Crippen LogP contribution in [0.2, 0.25) is 0 Å². The highest BCUT2D eigenvalue weighted by molar-refractivity contribution is 4.98. The highest BCUT2D eigenvalue weighted by Crippen LogP contribution is 2.57. The van der Waals surface area contributed by atoms with Crippen molar-refractivity contribution in [3.8, 4) is 0 Å². The summed E-state index contributed by atoms with van der Waals surface area (Å²) < 4.78 is 0. The van der Waals surface area contributed by atoms with Crippen LogP contribution in [0.5, 0.6) is 0 Å². The Bertz CT molecular complexity index is 173. The molecule has 0 aromatic heterocycles. The summed E-state index contributed by atoms with van der Waals surface area (Å²) in [7, 11) is 0. The average molecular weight is 194 g/mol. The maximum absolute atomic E-state index is 2.40. The van der Waals surface area contributed by atoms with Gasteiger partial charge in [-0.2, -0.15) is 0 Å². The van der Waals surface area contributed by atoms with Crippen molar-refractivity contribution in [3.05, 3.63) is 0 Å². The summed E-state index contributed by atoms with van der Waals surface area (Å²) in [4.78, 5) is 0. The number of rotatable bonds is 1. The van der Waals surface area contributed by atoms with E-state index in [4.69, 9.17) is 0 Å². The van der Waals surface area contributed by atoms with E-state index in [9.17, 15) is 0 Å². The molecule has 0 saturated heterocycles. The molecule has 0 aliphatic heterocycles. The lowest BCUT2D eigenvalue weighted by atomic mass is 9.88. The van der Waals surface area contributed by atoms with Crippen molar-refractivity contribution in [1.29, 1.82) is 0 Å². The summed E-state index contributed by atoms with van der Waals surface area (Å²) >= 11 is 0. The summed E-state index contributed by atoms with van der Waals surface area (Å²) in [6.07, 6.45) is 10.6. The molecule has 0 aromatic carbocycles. The van der Waals surface area contributed by atoms with Crippen LogP contribution < -0.4 is 0 Å². The van der Waals surface area contributed by atoms with E-state index in [2.05, 4.69) is 20.8 Å². The fraction of sp³-hybridized carbons (Fsp3) is 1.00. The molecule has 0 bridgehead atoms. The topological polar surface area (TPSA) is 0 Å². The third-order valence-corrected chi connectivity index (χ3v) is 4.18. The summed E-state index contributed by atoms with van der Waals surface area (Å²) in [6, 6.07) is 0. The molecular formula is C14H26. The summed E-state index contributed by atoms with van der Waals surface area (Å²) in [5, 5.41) is 0. The van der Waals surface area contributed by atoms with Gasteiger partial charge in [-0.1, -0.05) is 46.5 Å². The van der Waals surface area contributed by atoms with Crippen molar-refractivity contribution < 1.29 is 0 Å². The fourth-order valence-corrected chi connectivity index (χ4v) is 3.50. The molecule has 0 aromatic rings. The second-order valence-corrected chi connectivity index (χ2v) is 6.75. The first-order valence-corrected chi connectivity index (χ1v) is 6.58. The maximum atomic E-state index is 2.40. The van der Waals surface area contributed by atoms with E-state index < -0.39 is 0 Å². The van der Waals surface area contributed by atoms with Crippen LogP contribution in [0, 0.1) is 23.2 Å². The Labute approximate surface area is 89.5 Å². The monoisotopic (exact) mass is 194 g/mol. The van der Waals surface area contributed by atoms with Crippen LogP contribution in [0.25, 0.3) is 0 Å². The van der Waals surface area contributed by atoms with Crippen molar-refractivity contribution in [2.24, 2.45) is 23.2 Å². The molecule has 2 unspecified atom stereocenters. The van der Waals surface area contributed by atoms with Gasteiger partial charge in [-0.25, -0.2) is 0 Å². The zero-order chi connectivity index (χ0) is 10.2. The number of hydrogen-bond acceptors (Lipinski definition) is 0. The predicted molar refractivity (Wildman–Crippen MR) is 62.2 cm³/mol. The molecule has 2 aliphatic rings. The molecule has 0 heteroatoms. The molecule has 2 fully saturated rings. The molecule has 0 heterocycles. The van der Waals surface area contributed by atoms with Crippen LogP contribution in [0.4, 0.5) is 0 Å². The molecule has 0 N–H and O–H groups in total.